The molecule has 0 radical (unpaired) electrons. The summed E-state index contributed by atoms with van der Waals surface area (Å²) in [6.45, 7) is 3.96. The van der Waals surface area contributed by atoms with Crippen LogP contribution < -0.4 is 0 Å². The molecule has 0 saturated carbocycles. The lowest BCUT2D eigenvalue weighted by Gasteiger charge is -1.79. The normalized spacial score (nSPS) is 6.56. The molecule has 0 aliphatic rings. The molecular formula is C5H9ClO3. The van der Waals surface area contributed by atoms with Gasteiger partial charge in [-0.25, -0.2) is 0 Å². The molecule has 0 fully saturated rings. The van der Waals surface area contributed by atoms with Gasteiger partial charge in [-0.15, -0.1) is 0 Å². The molecule has 0 aromatic rings. The predicted molar refractivity (Wildman–Crippen MR) is 34.2 cm³/mol. The van der Waals surface area contributed by atoms with E-state index in [1.54, 1.807) is 6.92 Å². The summed E-state index contributed by atoms with van der Waals surface area (Å²) in [6.07, 6.45) is 0. The van der Waals surface area contributed by atoms with E-state index in [0.717, 1.165) is 0 Å². The van der Waals surface area contributed by atoms with Gasteiger partial charge < -0.3 is 4.74 Å². The maximum atomic E-state index is 9.21. The Bertz CT molecular complexity index is 78.3. The number of carbonyl (C=O) groups is 2. The Labute approximate surface area is 58.9 Å². The average molecular weight is 153 g/mol. The lowest BCUT2D eigenvalue weighted by Crippen LogP contribution is -1.80. The van der Waals surface area contributed by atoms with Crippen LogP contribution in [0.4, 0.5) is 0 Å². The summed E-state index contributed by atoms with van der Waals surface area (Å²) in [6, 6.07) is 0. The van der Waals surface area contributed by atoms with Crippen molar-refractivity contribution < 1.29 is 14.3 Å². The molecule has 0 saturated heterocycles. The molecule has 0 unspecified atom stereocenters. The maximum absolute atomic E-state index is 9.21. The molecule has 0 spiro atoms. The molecule has 0 aromatic carbocycles. The second-order valence-electron chi connectivity index (χ2n) is 1.02. The van der Waals surface area contributed by atoms with Crippen molar-refractivity contribution in [2.45, 2.75) is 13.8 Å². The SMILES string of the molecule is CC(=O)Cl.CCOC=O. The number of carbonyl (C=O) groups excluding carboxylic acids is 2. The second kappa shape index (κ2) is 10.4. The zero-order valence-corrected chi connectivity index (χ0v) is 6.14. The van der Waals surface area contributed by atoms with Crippen molar-refractivity contribution in [3.05, 3.63) is 0 Å². The molecule has 3 nitrogen and oxygen atoms in total. The van der Waals surface area contributed by atoms with Crippen LogP contribution in [0.5, 0.6) is 0 Å². The molecule has 4 heteroatoms. The van der Waals surface area contributed by atoms with E-state index in [9.17, 15) is 9.59 Å². The van der Waals surface area contributed by atoms with Crippen LogP contribution in [0.25, 0.3) is 0 Å². The molecule has 0 aromatic heterocycles. The van der Waals surface area contributed by atoms with E-state index in [-0.39, 0.29) is 5.24 Å². The highest BCUT2D eigenvalue weighted by Gasteiger charge is 1.67. The molecule has 9 heavy (non-hydrogen) atoms. The number of hydrogen-bond acceptors (Lipinski definition) is 3. The lowest BCUT2D eigenvalue weighted by molar-refractivity contribution is -0.128. The smallest absolute Gasteiger partial charge is 0.293 e. The van der Waals surface area contributed by atoms with Crippen LogP contribution in [-0.4, -0.2) is 18.3 Å². The third-order valence-electron chi connectivity index (χ3n) is 0.235. The summed E-state index contributed by atoms with van der Waals surface area (Å²) >= 11 is 4.64. The molecule has 0 heterocycles. The third-order valence-corrected chi connectivity index (χ3v) is 0.235. The van der Waals surface area contributed by atoms with Crippen molar-refractivity contribution >= 4 is 23.3 Å². The molecule has 0 bridgehead atoms. The first-order chi connectivity index (χ1) is 4.15. The summed E-state index contributed by atoms with van der Waals surface area (Å²) in [5.74, 6) is 0. The largest absolute Gasteiger partial charge is 0.468 e. The van der Waals surface area contributed by atoms with E-state index in [4.69, 9.17) is 0 Å². The summed E-state index contributed by atoms with van der Waals surface area (Å²) in [5, 5.41) is -0.361. The minimum Gasteiger partial charge on any atom is -0.468 e. The first-order valence-electron chi connectivity index (χ1n) is 2.36. The molecule has 0 amide bonds. The van der Waals surface area contributed by atoms with Crippen molar-refractivity contribution in [2.75, 3.05) is 6.61 Å². The molecule has 0 rings (SSSR count). The summed E-state index contributed by atoms with van der Waals surface area (Å²) in [4.78, 5) is 18.4. The van der Waals surface area contributed by atoms with E-state index in [1.165, 1.54) is 6.92 Å². The van der Waals surface area contributed by atoms with Crippen LogP contribution in [-0.2, 0) is 14.3 Å². The van der Waals surface area contributed by atoms with Crippen molar-refractivity contribution in [2.24, 2.45) is 0 Å². The van der Waals surface area contributed by atoms with Gasteiger partial charge in [0.05, 0.1) is 6.61 Å². The quantitative estimate of drug-likeness (QED) is 0.437. The molecular weight excluding hydrogens is 144 g/mol. The van der Waals surface area contributed by atoms with E-state index in [2.05, 4.69) is 16.3 Å². The van der Waals surface area contributed by atoms with Gasteiger partial charge in [-0.05, 0) is 18.5 Å². The zero-order valence-electron chi connectivity index (χ0n) is 5.39. The van der Waals surface area contributed by atoms with Crippen molar-refractivity contribution in [1.82, 2.24) is 0 Å². The van der Waals surface area contributed by atoms with Gasteiger partial charge in [0.2, 0.25) is 5.24 Å². The van der Waals surface area contributed by atoms with Gasteiger partial charge in [0, 0.05) is 6.92 Å². The molecule has 0 aliphatic heterocycles. The minimum atomic E-state index is -0.361. The van der Waals surface area contributed by atoms with Gasteiger partial charge in [0.1, 0.15) is 0 Å². The van der Waals surface area contributed by atoms with E-state index < -0.39 is 0 Å². The van der Waals surface area contributed by atoms with Crippen molar-refractivity contribution in [3.63, 3.8) is 0 Å². The van der Waals surface area contributed by atoms with Gasteiger partial charge in [0.15, 0.2) is 0 Å². The number of rotatable bonds is 2. The van der Waals surface area contributed by atoms with E-state index in [0.29, 0.717) is 13.1 Å². The van der Waals surface area contributed by atoms with Gasteiger partial charge in [-0.2, -0.15) is 0 Å². The summed E-state index contributed by atoms with van der Waals surface area (Å²) in [7, 11) is 0. The Kier molecular flexibility index (Phi) is 13.0. The van der Waals surface area contributed by atoms with Gasteiger partial charge in [-0.1, -0.05) is 0 Å². The first kappa shape index (κ1) is 11.3. The van der Waals surface area contributed by atoms with Crippen LogP contribution in [0.15, 0.2) is 0 Å². The Morgan fingerprint density at radius 1 is 1.78 bits per heavy atom. The zero-order chi connectivity index (χ0) is 7.70. The van der Waals surface area contributed by atoms with Gasteiger partial charge in [0.25, 0.3) is 6.47 Å². The predicted octanol–water partition coefficient (Wildman–Crippen LogP) is 0.951. The fourth-order valence-corrected chi connectivity index (χ4v) is 0.0680. The lowest BCUT2D eigenvalue weighted by atomic mass is 10.9. The standard InChI is InChI=1S/C3H6O2.C2H3ClO/c1-2-5-3-4;1-2(3)4/h3H,2H2,1H3;1H3. The Morgan fingerprint density at radius 3 is 2.11 bits per heavy atom. The van der Waals surface area contributed by atoms with Crippen LogP contribution in [0.3, 0.4) is 0 Å². The van der Waals surface area contributed by atoms with Gasteiger partial charge >= 0.3 is 0 Å². The van der Waals surface area contributed by atoms with E-state index in [1.807, 2.05) is 0 Å². The average Bonchev–Trinajstić information content (AvgIpc) is 1.66. The molecule has 0 N–H and O–H groups in total. The van der Waals surface area contributed by atoms with Crippen LogP contribution in [0.1, 0.15) is 13.8 Å². The fourth-order valence-electron chi connectivity index (χ4n) is 0.0680. The highest BCUT2D eigenvalue weighted by atomic mass is 35.5. The number of hydrogen-bond donors (Lipinski definition) is 0. The first-order valence-corrected chi connectivity index (χ1v) is 2.74. The van der Waals surface area contributed by atoms with Crippen molar-refractivity contribution in [3.8, 4) is 0 Å². The minimum absolute atomic E-state index is 0.361. The topological polar surface area (TPSA) is 43.4 Å². The second-order valence-corrected chi connectivity index (χ2v) is 1.55. The molecule has 54 valence electrons. The molecule has 0 aliphatic carbocycles. The molecule has 0 atom stereocenters. The third kappa shape index (κ3) is 107. The number of halogens is 1. The van der Waals surface area contributed by atoms with Crippen LogP contribution in [0, 0.1) is 0 Å². The van der Waals surface area contributed by atoms with Crippen molar-refractivity contribution in [1.29, 1.82) is 0 Å². The number of ether oxygens (including phenoxy) is 1. The van der Waals surface area contributed by atoms with E-state index >= 15 is 0 Å². The summed E-state index contributed by atoms with van der Waals surface area (Å²) < 4.78 is 4.15. The maximum Gasteiger partial charge on any atom is 0.293 e. The van der Waals surface area contributed by atoms with Crippen LogP contribution in [0.2, 0.25) is 0 Å². The highest BCUT2D eigenvalue weighted by molar-refractivity contribution is 6.62. The highest BCUT2D eigenvalue weighted by Crippen LogP contribution is 1.67. The Hall–Kier alpha value is -0.570. The fraction of sp³-hybridized carbons (Fsp3) is 0.600. The summed E-state index contributed by atoms with van der Waals surface area (Å²) in [5.41, 5.74) is 0. The van der Waals surface area contributed by atoms with Crippen LogP contribution >= 0.6 is 11.6 Å². The van der Waals surface area contributed by atoms with Gasteiger partial charge in [-0.3, -0.25) is 9.59 Å². The monoisotopic (exact) mass is 152 g/mol. The Morgan fingerprint density at radius 2 is 2.11 bits per heavy atom. The Balaban J connectivity index is 0.